The Morgan fingerprint density at radius 1 is 1.42 bits per heavy atom. The summed E-state index contributed by atoms with van der Waals surface area (Å²) in [6.07, 6.45) is 1.09. The van der Waals surface area contributed by atoms with Gasteiger partial charge in [-0.1, -0.05) is 0 Å². The SMILES string of the molecule is CS(=N)(=O)c1ccc(F)cc1F. The lowest BCUT2D eigenvalue weighted by Crippen LogP contribution is -1.98. The first-order valence-corrected chi connectivity index (χ1v) is 5.07. The van der Waals surface area contributed by atoms with Crippen LogP contribution in [0.2, 0.25) is 0 Å². The predicted octanol–water partition coefficient (Wildman–Crippen LogP) is 2.00. The third-order valence-corrected chi connectivity index (χ3v) is 2.48. The van der Waals surface area contributed by atoms with E-state index in [0.717, 1.165) is 18.4 Å². The standard InChI is InChI=1S/C7H7F2NOS/c1-12(10,11)7-3-2-5(8)4-6(7)9/h2-4,10H,1H3. The second-order valence-electron chi connectivity index (χ2n) is 2.42. The average molecular weight is 191 g/mol. The van der Waals surface area contributed by atoms with Crippen molar-refractivity contribution in [3.8, 4) is 0 Å². The number of nitrogens with one attached hydrogen (secondary N) is 1. The molecule has 66 valence electrons. The molecule has 0 aliphatic rings. The first-order valence-electron chi connectivity index (χ1n) is 3.10. The lowest BCUT2D eigenvalue weighted by molar-refractivity contribution is 0.561. The summed E-state index contributed by atoms with van der Waals surface area (Å²) in [7, 11) is -3.09. The van der Waals surface area contributed by atoms with Gasteiger partial charge >= 0.3 is 0 Å². The highest BCUT2D eigenvalue weighted by Gasteiger charge is 2.10. The molecule has 2 nitrogen and oxygen atoms in total. The van der Waals surface area contributed by atoms with Crippen LogP contribution in [-0.2, 0) is 9.73 Å². The molecular weight excluding hydrogens is 184 g/mol. The van der Waals surface area contributed by atoms with E-state index in [-0.39, 0.29) is 4.90 Å². The maximum absolute atomic E-state index is 12.8. The van der Waals surface area contributed by atoms with Crippen molar-refractivity contribution in [2.75, 3.05) is 6.26 Å². The van der Waals surface area contributed by atoms with E-state index in [1.54, 1.807) is 0 Å². The van der Waals surface area contributed by atoms with Crippen molar-refractivity contribution in [2.45, 2.75) is 4.90 Å². The van der Waals surface area contributed by atoms with Crippen LogP contribution < -0.4 is 0 Å². The molecule has 1 N–H and O–H groups in total. The number of benzene rings is 1. The van der Waals surface area contributed by atoms with Crippen molar-refractivity contribution in [3.05, 3.63) is 29.8 Å². The highest BCUT2D eigenvalue weighted by molar-refractivity contribution is 7.91. The molecule has 1 atom stereocenters. The van der Waals surface area contributed by atoms with Gasteiger partial charge in [0.2, 0.25) is 0 Å². The minimum Gasteiger partial charge on any atom is -0.249 e. The van der Waals surface area contributed by atoms with Gasteiger partial charge in [0.15, 0.2) is 0 Å². The largest absolute Gasteiger partial charge is 0.249 e. The molecule has 12 heavy (non-hydrogen) atoms. The first-order chi connectivity index (χ1) is 5.41. The third kappa shape index (κ3) is 1.79. The van der Waals surface area contributed by atoms with Gasteiger partial charge in [0.05, 0.1) is 14.6 Å². The van der Waals surface area contributed by atoms with Crippen LogP contribution in [0, 0.1) is 16.4 Å². The lowest BCUT2D eigenvalue weighted by atomic mass is 10.3. The topological polar surface area (TPSA) is 40.9 Å². The second-order valence-corrected chi connectivity index (χ2v) is 4.55. The maximum Gasteiger partial charge on any atom is 0.143 e. The summed E-state index contributed by atoms with van der Waals surface area (Å²) >= 11 is 0. The Morgan fingerprint density at radius 2 is 2.00 bits per heavy atom. The zero-order valence-corrected chi connectivity index (χ0v) is 7.12. The molecule has 0 aromatic heterocycles. The Hall–Kier alpha value is -0.970. The van der Waals surface area contributed by atoms with Gasteiger partial charge in [-0.05, 0) is 12.1 Å². The van der Waals surface area contributed by atoms with Crippen molar-refractivity contribution < 1.29 is 13.0 Å². The van der Waals surface area contributed by atoms with Crippen molar-refractivity contribution >= 4 is 9.73 Å². The molecule has 0 heterocycles. The van der Waals surface area contributed by atoms with Gasteiger partial charge in [-0.15, -0.1) is 0 Å². The molecule has 1 aromatic carbocycles. The highest BCUT2D eigenvalue weighted by atomic mass is 32.2. The molecule has 0 radical (unpaired) electrons. The van der Waals surface area contributed by atoms with Crippen LogP contribution in [0.15, 0.2) is 23.1 Å². The zero-order chi connectivity index (χ0) is 9.35. The zero-order valence-electron chi connectivity index (χ0n) is 6.30. The van der Waals surface area contributed by atoms with Gasteiger partial charge in [-0.3, -0.25) is 0 Å². The summed E-state index contributed by atoms with van der Waals surface area (Å²) in [6, 6.07) is 2.63. The summed E-state index contributed by atoms with van der Waals surface area (Å²) in [4.78, 5) is -0.260. The fourth-order valence-electron chi connectivity index (χ4n) is 0.791. The molecule has 0 saturated carbocycles. The Balaban J connectivity index is 3.39. The van der Waals surface area contributed by atoms with E-state index in [0.29, 0.717) is 6.07 Å². The highest BCUT2D eigenvalue weighted by Crippen LogP contribution is 2.15. The van der Waals surface area contributed by atoms with E-state index in [1.807, 2.05) is 0 Å². The molecule has 0 saturated heterocycles. The van der Waals surface area contributed by atoms with Crippen LogP contribution in [0.5, 0.6) is 0 Å². The molecule has 0 amide bonds. The average Bonchev–Trinajstić information content (AvgIpc) is 1.83. The molecular formula is C7H7F2NOS. The van der Waals surface area contributed by atoms with Gasteiger partial charge in [0.1, 0.15) is 11.6 Å². The molecule has 5 heteroatoms. The minimum absolute atomic E-state index is 0.260. The normalized spacial score (nSPS) is 15.6. The van der Waals surface area contributed by atoms with Crippen molar-refractivity contribution in [3.63, 3.8) is 0 Å². The van der Waals surface area contributed by atoms with E-state index in [2.05, 4.69) is 0 Å². The molecule has 0 spiro atoms. The summed E-state index contributed by atoms with van der Waals surface area (Å²) in [6.45, 7) is 0. The third-order valence-electron chi connectivity index (χ3n) is 1.31. The van der Waals surface area contributed by atoms with Crippen LogP contribution in [0.4, 0.5) is 8.78 Å². The second kappa shape index (κ2) is 2.82. The van der Waals surface area contributed by atoms with Gasteiger partial charge in [-0.2, -0.15) is 0 Å². The molecule has 1 unspecified atom stereocenters. The summed E-state index contributed by atoms with van der Waals surface area (Å²) < 4.78 is 43.2. The molecule has 0 aliphatic carbocycles. The van der Waals surface area contributed by atoms with Gasteiger partial charge in [0.25, 0.3) is 0 Å². The van der Waals surface area contributed by atoms with Gasteiger partial charge < -0.3 is 0 Å². The minimum atomic E-state index is -3.09. The molecule has 1 aromatic rings. The maximum atomic E-state index is 12.8. The fourth-order valence-corrected chi connectivity index (χ4v) is 1.55. The fraction of sp³-hybridized carbons (Fsp3) is 0.143. The van der Waals surface area contributed by atoms with Crippen LogP contribution in [0.3, 0.4) is 0 Å². The summed E-state index contributed by atoms with van der Waals surface area (Å²) in [5.41, 5.74) is 0. The number of hydrogen-bond acceptors (Lipinski definition) is 2. The van der Waals surface area contributed by atoms with Crippen LogP contribution in [-0.4, -0.2) is 10.5 Å². The van der Waals surface area contributed by atoms with E-state index in [4.69, 9.17) is 4.78 Å². The van der Waals surface area contributed by atoms with Crippen molar-refractivity contribution in [1.29, 1.82) is 4.78 Å². The van der Waals surface area contributed by atoms with Gasteiger partial charge in [0, 0.05) is 12.3 Å². The number of halogens is 2. The lowest BCUT2D eigenvalue weighted by Gasteiger charge is -2.01. The number of rotatable bonds is 1. The molecule has 1 rings (SSSR count). The first kappa shape index (κ1) is 9.12. The molecule has 0 aliphatic heterocycles. The Bertz CT molecular complexity index is 400. The van der Waals surface area contributed by atoms with Crippen molar-refractivity contribution in [2.24, 2.45) is 0 Å². The predicted molar refractivity (Wildman–Crippen MR) is 41.4 cm³/mol. The Labute approximate surface area is 69.2 Å². The van der Waals surface area contributed by atoms with E-state index >= 15 is 0 Å². The Kier molecular flexibility index (Phi) is 2.14. The van der Waals surface area contributed by atoms with Crippen LogP contribution in [0.1, 0.15) is 0 Å². The molecule has 0 bridgehead atoms. The quantitative estimate of drug-likeness (QED) is 0.724. The van der Waals surface area contributed by atoms with E-state index in [9.17, 15) is 13.0 Å². The smallest absolute Gasteiger partial charge is 0.143 e. The number of hydrogen-bond donors (Lipinski definition) is 1. The van der Waals surface area contributed by atoms with Crippen LogP contribution in [0.25, 0.3) is 0 Å². The summed E-state index contributed by atoms with van der Waals surface area (Å²) in [5, 5.41) is 0. The monoisotopic (exact) mass is 191 g/mol. The van der Waals surface area contributed by atoms with Gasteiger partial charge in [-0.25, -0.2) is 17.8 Å². The van der Waals surface area contributed by atoms with E-state index < -0.39 is 21.4 Å². The summed E-state index contributed by atoms with van der Waals surface area (Å²) in [5.74, 6) is -1.67. The molecule has 0 fully saturated rings. The Morgan fingerprint density at radius 3 is 2.42 bits per heavy atom. The van der Waals surface area contributed by atoms with E-state index in [1.165, 1.54) is 0 Å². The van der Waals surface area contributed by atoms with Crippen molar-refractivity contribution in [1.82, 2.24) is 0 Å². The van der Waals surface area contributed by atoms with Crippen LogP contribution >= 0.6 is 0 Å².